The zero-order valence-electron chi connectivity index (χ0n) is 12.2. The molecule has 1 aromatic carbocycles. The maximum atomic E-state index is 12.4. The lowest BCUT2D eigenvalue weighted by molar-refractivity contribution is 0.102. The summed E-state index contributed by atoms with van der Waals surface area (Å²) >= 11 is 4.65. The summed E-state index contributed by atoms with van der Waals surface area (Å²) in [6, 6.07) is 5.14. The van der Waals surface area contributed by atoms with E-state index in [4.69, 9.17) is 9.47 Å². The van der Waals surface area contributed by atoms with E-state index in [9.17, 15) is 4.79 Å². The van der Waals surface area contributed by atoms with Crippen molar-refractivity contribution in [1.82, 2.24) is 9.97 Å². The average molecular weight is 384 g/mol. The first-order chi connectivity index (χ1) is 10.6. The van der Waals surface area contributed by atoms with Crippen molar-refractivity contribution in [2.24, 2.45) is 0 Å². The minimum atomic E-state index is -0.354. The molecule has 0 aliphatic carbocycles. The van der Waals surface area contributed by atoms with Crippen molar-refractivity contribution in [2.45, 2.75) is 5.16 Å². The summed E-state index contributed by atoms with van der Waals surface area (Å²) in [6.07, 6.45) is 3.40. The normalized spacial score (nSPS) is 10.2. The third-order valence-corrected chi connectivity index (χ3v) is 3.92. The lowest BCUT2D eigenvalue weighted by Gasteiger charge is -2.12. The Hall–Kier alpha value is -1.80. The maximum Gasteiger partial charge on any atom is 0.275 e. The van der Waals surface area contributed by atoms with E-state index in [0.717, 1.165) is 0 Å². The molecule has 0 saturated heterocycles. The largest absolute Gasteiger partial charge is 0.497 e. The summed E-state index contributed by atoms with van der Waals surface area (Å²) in [7, 11) is 3.09. The highest BCUT2D eigenvalue weighted by molar-refractivity contribution is 9.10. The number of halogens is 1. The summed E-state index contributed by atoms with van der Waals surface area (Å²) in [5, 5.41) is 3.30. The topological polar surface area (TPSA) is 73.3 Å². The molecule has 116 valence electrons. The second-order valence-electron chi connectivity index (χ2n) is 4.07. The number of ether oxygens (including phenoxy) is 2. The lowest BCUT2D eigenvalue weighted by atomic mass is 10.2. The minimum Gasteiger partial charge on any atom is -0.497 e. The highest BCUT2D eigenvalue weighted by Gasteiger charge is 2.16. The Morgan fingerprint density at radius 2 is 2.09 bits per heavy atom. The molecule has 0 fully saturated rings. The Morgan fingerprint density at radius 3 is 2.73 bits per heavy atom. The number of anilines is 1. The highest BCUT2D eigenvalue weighted by atomic mass is 79.9. The van der Waals surface area contributed by atoms with E-state index in [1.165, 1.54) is 18.9 Å². The molecule has 22 heavy (non-hydrogen) atoms. The van der Waals surface area contributed by atoms with Gasteiger partial charge in [-0.2, -0.15) is 0 Å². The molecule has 0 spiro atoms. The molecule has 6 nitrogen and oxygen atoms in total. The predicted octanol–water partition coefficient (Wildman–Crippen LogP) is 3.23. The molecule has 0 aliphatic rings. The third-order valence-electron chi connectivity index (χ3n) is 2.78. The van der Waals surface area contributed by atoms with Gasteiger partial charge in [0.2, 0.25) is 0 Å². The van der Waals surface area contributed by atoms with Crippen LogP contribution < -0.4 is 14.8 Å². The van der Waals surface area contributed by atoms with Crippen LogP contribution in [-0.4, -0.2) is 36.4 Å². The molecule has 1 N–H and O–H groups in total. The summed E-state index contributed by atoms with van der Waals surface area (Å²) in [5.41, 5.74) is 0.793. The van der Waals surface area contributed by atoms with Crippen LogP contribution in [0, 0.1) is 0 Å². The number of hydrogen-bond donors (Lipinski definition) is 1. The van der Waals surface area contributed by atoms with Crippen LogP contribution in [0.4, 0.5) is 5.69 Å². The number of benzene rings is 1. The van der Waals surface area contributed by atoms with Crippen LogP contribution in [0.15, 0.2) is 34.0 Å². The Balaban J connectivity index is 2.29. The van der Waals surface area contributed by atoms with Crippen LogP contribution in [0.25, 0.3) is 0 Å². The van der Waals surface area contributed by atoms with Crippen molar-refractivity contribution in [3.05, 3.63) is 34.6 Å². The number of nitrogens with zero attached hydrogens (tertiary/aromatic N) is 2. The fourth-order valence-corrected chi connectivity index (χ4v) is 2.40. The zero-order valence-corrected chi connectivity index (χ0v) is 14.6. The number of methoxy groups -OCH3 is 2. The van der Waals surface area contributed by atoms with Gasteiger partial charge < -0.3 is 14.8 Å². The number of carbonyl (C=O) groups excluding carboxylic acids is 1. The zero-order chi connectivity index (χ0) is 16.1. The molecule has 0 unspecified atom stereocenters. The number of hydrogen-bond acceptors (Lipinski definition) is 6. The summed E-state index contributed by atoms with van der Waals surface area (Å²) in [4.78, 5) is 20.7. The fraction of sp³-hybridized carbons (Fsp3) is 0.214. The van der Waals surface area contributed by atoms with Gasteiger partial charge in [0.1, 0.15) is 17.2 Å². The molecule has 1 aromatic heterocycles. The van der Waals surface area contributed by atoms with Crippen molar-refractivity contribution in [3.8, 4) is 11.5 Å². The van der Waals surface area contributed by atoms with E-state index in [0.29, 0.717) is 26.8 Å². The van der Waals surface area contributed by atoms with Crippen LogP contribution in [0.1, 0.15) is 10.5 Å². The number of carbonyl (C=O) groups is 1. The number of rotatable bonds is 5. The molecule has 2 rings (SSSR count). The third kappa shape index (κ3) is 3.69. The van der Waals surface area contributed by atoms with E-state index < -0.39 is 0 Å². The summed E-state index contributed by atoms with van der Waals surface area (Å²) in [5.74, 6) is 0.791. The van der Waals surface area contributed by atoms with Gasteiger partial charge in [-0.25, -0.2) is 9.97 Å². The molecule has 0 radical (unpaired) electrons. The number of thioether (sulfide) groups is 1. The first-order valence-electron chi connectivity index (χ1n) is 6.19. The number of aromatic nitrogens is 2. The van der Waals surface area contributed by atoms with Crippen molar-refractivity contribution in [1.29, 1.82) is 0 Å². The molecule has 8 heteroatoms. The van der Waals surface area contributed by atoms with Crippen molar-refractivity contribution < 1.29 is 14.3 Å². The van der Waals surface area contributed by atoms with Gasteiger partial charge >= 0.3 is 0 Å². The van der Waals surface area contributed by atoms with E-state index in [1.54, 1.807) is 31.5 Å². The second-order valence-corrected chi connectivity index (χ2v) is 5.70. The van der Waals surface area contributed by atoms with Crippen LogP contribution >= 0.6 is 27.7 Å². The van der Waals surface area contributed by atoms with Gasteiger partial charge in [0.25, 0.3) is 5.91 Å². The average Bonchev–Trinajstić information content (AvgIpc) is 2.55. The molecule has 0 saturated carbocycles. The Labute approximate surface area is 140 Å². The molecule has 2 aromatic rings. The molecule has 0 bridgehead atoms. The smallest absolute Gasteiger partial charge is 0.275 e. The minimum absolute atomic E-state index is 0.261. The van der Waals surface area contributed by atoms with E-state index in [1.807, 2.05) is 6.26 Å². The maximum absolute atomic E-state index is 12.4. The van der Waals surface area contributed by atoms with Gasteiger partial charge in [0.05, 0.1) is 24.4 Å². The van der Waals surface area contributed by atoms with Crippen molar-refractivity contribution in [2.75, 3.05) is 25.8 Å². The summed E-state index contributed by atoms with van der Waals surface area (Å²) < 4.78 is 10.9. The van der Waals surface area contributed by atoms with Gasteiger partial charge in [-0.05, 0) is 34.3 Å². The van der Waals surface area contributed by atoms with Crippen LogP contribution in [-0.2, 0) is 0 Å². The Kier molecular flexibility index (Phi) is 5.62. The van der Waals surface area contributed by atoms with Crippen LogP contribution in [0.5, 0.6) is 11.5 Å². The van der Waals surface area contributed by atoms with Gasteiger partial charge in [-0.3, -0.25) is 4.79 Å². The summed E-state index contributed by atoms with van der Waals surface area (Å²) in [6.45, 7) is 0. The first kappa shape index (κ1) is 16.6. The lowest BCUT2D eigenvalue weighted by Crippen LogP contribution is -2.16. The Morgan fingerprint density at radius 1 is 1.32 bits per heavy atom. The highest BCUT2D eigenvalue weighted by Crippen LogP contribution is 2.29. The predicted molar refractivity (Wildman–Crippen MR) is 89.0 cm³/mol. The van der Waals surface area contributed by atoms with Crippen molar-refractivity contribution in [3.63, 3.8) is 0 Å². The molecular weight excluding hydrogens is 370 g/mol. The first-order valence-corrected chi connectivity index (χ1v) is 8.20. The fourth-order valence-electron chi connectivity index (χ4n) is 1.69. The van der Waals surface area contributed by atoms with E-state index >= 15 is 0 Å². The second kappa shape index (κ2) is 7.46. The van der Waals surface area contributed by atoms with Crippen LogP contribution in [0.2, 0.25) is 0 Å². The van der Waals surface area contributed by atoms with Crippen LogP contribution in [0.3, 0.4) is 0 Å². The quantitative estimate of drug-likeness (QED) is 0.630. The van der Waals surface area contributed by atoms with Gasteiger partial charge in [-0.15, -0.1) is 0 Å². The van der Waals surface area contributed by atoms with Gasteiger partial charge in [0.15, 0.2) is 5.16 Å². The molecule has 1 amide bonds. The number of nitrogens with one attached hydrogen (secondary N) is 1. The van der Waals surface area contributed by atoms with Gasteiger partial charge in [0, 0.05) is 12.3 Å². The SMILES string of the molecule is COc1ccc(NC(=O)c2nc(SC)ncc2Br)c(OC)c1. The monoisotopic (exact) mass is 383 g/mol. The molecule has 0 aliphatic heterocycles. The number of amides is 1. The van der Waals surface area contributed by atoms with Gasteiger partial charge in [-0.1, -0.05) is 11.8 Å². The van der Waals surface area contributed by atoms with E-state index in [2.05, 4.69) is 31.2 Å². The standard InChI is InChI=1S/C14H14BrN3O3S/c1-20-8-4-5-10(11(6-8)21-2)17-13(19)12-9(15)7-16-14(18-12)22-3/h4-7H,1-3H3,(H,17,19). The van der Waals surface area contributed by atoms with Crippen molar-refractivity contribution >= 4 is 39.3 Å². The Bertz CT molecular complexity index is 697. The molecule has 0 atom stereocenters. The molecular formula is C14H14BrN3O3S. The molecule has 1 heterocycles. The van der Waals surface area contributed by atoms with E-state index in [-0.39, 0.29) is 11.6 Å².